The van der Waals surface area contributed by atoms with Gasteiger partial charge < -0.3 is 15.2 Å². The third-order valence-electron chi connectivity index (χ3n) is 5.27. The van der Waals surface area contributed by atoms with Gasteiger partial charge in [-0.15, -0.1) is 0 Å². The molecule has 1 unspecified atom stereocenters. The van der Waals surface area contributed by atoms with E-state index in [4.69, 9.17) is 9.84 Å². The van der Waals surface area contributed by atoms with Crippen LogP contribution in [0.2, 0.25) is 0 Å². The van der Waals surface area contributed by atoms with Crippen LogP contribution in [0.25, 0.3) is 10.9 Å². The number of carboxylic acid groups (broad SMARTS) is 1. The molecular weight excluding hydrogens is 422 g/mol. The molecule has 0 aliphatic heterocycles. The molecule has 0 aliphatic carbocycles. The second kappa shape index (κ2) is 9.17. The van der Waals surface area contributed by atoms with Crippen LogP contribution in [0.4, 0.5) is 8.78 Å². The third-order valence-corrected chi connectivity index (χ3v) is 5.27. The Morgan fingerprint density at radius 3 is 2.41 bits per heavy atom. The molecule has 1 heterocycles. The van der Waals surface area contributed by atoms with Crippen LogP contribution in [-0.4, -0.2) is 41.1 Å². The van der Waals surface area contributed by atoms with Gasteiger partial charge in [0.25, 0.3) is 5.91 Å². The van der Waals surface area contributed by atoms with E-state index in [9.17, 15) is 23.2 Å². The molecule has 32 heavy (non-hydrogen) atoms. The van der Waals surface area contributed by atoms with E-state index < -0.39 is 35.3 Å². The quantitative estimate of drug-likeness (QED) is 0.583. The molecule has 0 aliphatic rings. The molecule has 2 N–H and O–H groups in total. The van der Waals surface area contributed by atoms with Gasteiger partial charge in [-0.05, 0) is 42.8 Å². The van der Waals surface area contributed by atoms with Crippen molar-refractivity contribution in [3.63, 3.8) is 0 Å². The number of carbonyl (C=O) groups excluding carboxylic acids is 2. The van der Waals surface area contributed by atoms with Crippen molar-refractivity contribution in [3.8, 4) is 5.75 Å². The lowest BCUT2D eigenvalue weighted by atomic mass is 10.1. The van der Waals surface area contributed by atoms with Crippen molar-refractivity contribution < 1.29 is 33.0 Å². The SMILES string of the molecule is COc1cc2c(CC(=O)NCC(C)C(=O)O)c(C)n(C(=O)c3ccc(F)cc3)c2cc1F. The molecule has 0 saturated carbocycles. The average Bonchev–Trinajstić information content (AvgIpc) is 3.01. The summed E-state index contributed by atoms with van der Waals surface area (Å²) in [6.45, 7) is 3.03. The topological polar surface area (TPSA) is 97.6 Å². The Morgan fingerprint density at radius 2 is 1.81 bits per heavy atom. The van der Waals surface area contributed by atoms with Gasteiger partial charge in [0.1, 0.15) is 5.82 Å². The highest BCUT2D eigenvalue weighted by Gasteiger charge is 2.24. The van der Waals surface area contributed by atoms with Gasteiger partial charge in [-0.3, -0.25) is 19.0 Å². The lowest BCUT2D eigenvalue weighted by molar-refractivity contribution is -0.141. The lowest BCUT2D eigenvalue weighted by Crippen LogP contribution is -2.32. The number of carboxylic acids is 1. The number of hydrogen-bond donors (Lipinski definition) is 2. The van der Waals surface area contributed by atoms with Gasteiger partial charge in [0.15, 0.2) is 11.6 Å². The number of rotatable bonds is 7. The van der Waals surface area contributed by atoms with Crippen LogP contribution in [0.3, 0.4) is 0 Å². The molecule has 1 amide bonds. The minimum absolute atomic E-state index is 0.0509. The number of halogens is 2. The Hall–Kier alpha value is -3.75. The average molecular weight is 444 g/mol. The molecular formula is C23H22F2N2O5. The fourth-order valence-corrected chi connectivity index (χ4v) is 3.42. The van der Waals surface area contributed by atoms with E-state index in [1.165, 1.54) is 36.8 Å². The number of methoxy groups -OCH3 is 1. The van der Waals surface area contributed by atoms with Crippen LogP contribution in [0, 0.1) is 24.5 Å². The summed E-state index contributed by atoms with van der Waals surface area (Å²) in [6, 6.07) is 7.50. The van der Waals surface area contributed by atoms with E-state index >= 15 is 0 Å². The van der Waals surface area contributed by atoms with Gasteiger partial charge in [-0.25, -0.2) is 8.78 Å². The summed E-state index contributed by atoms with van der Waals surface area (Å²) in [5.74, 6) is -4.00. The molecule has 1 atom stereocenters. The standard InChI is InChI=1S/C23H22F2N2O5/c1-12(23(30)31)11-26-21(28)9-16-13(2)27(22(29)14-4-6-15(24)7-5-14)19-10-18(25)20(32-3)8-17(16)19/h4-8,10,12H,9,11H2,1-3H3,(H,26,28)(H,30,31). The van der Waals surface area contributed by atoms with Gasteiger partial charge in [-0.2, -0.15) is 0 Å². The predicted molar refractivity (Wildman–Crippen MR) is 113 cm³/mol. The van der Waals surface area contributed by atoms with Gasteiger partial charge in [0.05, 0.1) is 25.0 Å². The summed E-state index contributed by atoms with van der Waals surface area (Å²) in [5.41, 5.74) is 1.29. The van der Waals surface area contributed by atoms with E-state index in [1.807, 2.05) is 0 Å². The smallest absolute Gasteiger partial charge is 0.308 e. The van der Waals surface area contributed by atoms with E-state index in [0.717, 1.165) is 18.2 Å². The molecule has 3 aromatic rings. The van der Waals surface area contributed by atoms with Crippen molar-refractivity contribution in [1.29, 1.82) is 0 Å². The maximum atomic E-state index is 14.5. The molecule has 0 saturated heterocycles. The van der Waals surface area contributed by atoms with Crippen molar-refractivity contribution in [2.75, 3.05) is 13.7 Å². The highest BCUT2D eigenvalue weighted by molar-refractivity contribution is 6.05. The Labute approximate surface area is 182 Å². The first kappa shape index (κ1) is 22.9. The zero-order valence-electron chi connectivity index (χ0n) is 17.7. The second-order valence-electron chi connectivity index (χ2n) is 7.44. The molecule has 0 radical (unpaired) electrons. The third kappa shape index (κ3) is 4.46. The molecule has 1 aromatic heterocycles. The number of ether oxygens (including phenoxy) is 1. The first-order chi connectivity index (χ1) is 15.1. The molecule has 3 rings (SSSR count). The van der Waals surface area contributed by atoms with E-state index in [0.29, 0.717) is 16.6 Å². The summed E-state index contributed by atoms with van der Waals surface area (Å²) < 4.78 is 34.1. The summed E-state index contributed by atoms with van der Waals surface area (Å²) in [5, 5.41) is 12.0. The molecule has 0 spiro atoms. The number of benzene rings is 2. The Balaban J connectivity index is 2.06. The monoisotopic (exact) mass is 444 g/mol. The number of nitrogens with one attached hydrogen (secondary N) is 1. The maximum absolute atomic E-state index is 14.5. The Kier molecular flexibility index (Phi) is 6.57. The molecule has 2 aromatic carbocycles. The van der Waals surface area contributed by atoms with Crippen molar-refractivity contribution in [1.82, 2.24) is 9.88 Å². The normalized spacial score (nSPS) is 11.9. The van der Waals surface area contributed by atoms with E-state index in [2.05, 4.69) is 5.32 Å². The first-order valence-electron chi connectivity index (χ1n) is 9.81. The van der Waals surface area contributed by atoms with Crippen molar-refractivity contribution in [2.24, 2.45) is 5.92 Å². The molecule has 7 nitrogen and oxygen atoms in total. The van der Waals surface area contributed by atoms with Crippen LogP contribution in [0.1, 0.15) is 28.5 Å². The van der Waals surface area contributed by atoms with Crippen LogP contribution < -0.4 is 10.1 Å². The number of hydrogen-bond acceptors (Lipinski definition) is 4. The van der Waals surface area contributed by atoms with E-state index in [1.54, 1.807) is 6.92 Å². The minimum Gasteiger partial charge on any atom is -0.494 e. The number of nitrogens with zero attached hydrogens (tertiary/aromatic N) is 1. The maximum Gasteiger partial charge on any atom is 0.308 e. The van der Waals surface area contributed by atoms with Gasteiger partial charge in [0, 0.05) is 29.3 Å². The molecule has 168 valence electrons. The Morgan fingerprint density at radius 1 is 1.16 bits per heavy atom. The number of carbonyl (C=O) groups is 3. The van der Waals surface area contributed by atoms with Gasteiger partial charge in [-0.1, -0.05) is 6.92 Å². The van der Waals surface area contributed by atoms with E-state index in [-0.39, 0.29) is 29.8 Å². The highest BCUT2D eigenvalue weighted by Crippen LogP contribution is 2.32. The van der Waals surface area contributed by atoms with Crippen LogP contribution in [0.15, 0.2) is 36.4 Å². The van der Waals surface area contributed by atoms with Crippen LogP contribution >= 0.6 is 0 Å². The molecule has 9 heteroatoms. The summed E-state index contributed by atoms with van der Waals surface area (Å²) in [6.07, 6.45) is -0.160. The first-order valence-corrected chi connectivity index (χ1v) is 9.81. The van der Waals surface area contributed by atoms with Crippen LogP contribution in [0.5, 0.6) is 5.75 Å². The fourth-order valence-electron chi connectivity index (χ4n) is 3.42. The minimum atomic E-state index is -1.04. The fraction of sp³-hybridized carbons (Fsp3) is 0.261. The van der Waals surface area contributed by atoms with Gasteiger partial charge in [0.2, 0.25) is 5.91 Å². The Bertz CT molecular complexity index is 1200. The summed E-state index contributed by atoms with van der Waals surface area (Å²) >= 11 is 0. The highest BCUT2D eigenvalue weighted by atomic mass is 19.1. The summed E-state index contributed by atoms with van der Waals surface area (Å²) in [4.78, 5) is 36.6. The van der Waals surface area contributed by atoms with Crippen LogP contribution in [-0.2, 0) is 16.0 Å². The molecule has 0 fully saturated rings. The number of aromatic nitrogens is 1. The van der Waals surface area contributed by atoms with Gasteiger partial charge >= 0.3 is 5.97 Å². The largest absolute Gasteiger partial charge is 0.494 e. The van der Waals surface area contributed by atoms with Crippen molar-refractivity contribution >= 4 is 28.7 Å². The number of fused-ring (bicyclic) bond motifs is 1. The zero-order chi connectivity index (χ0) is 23.6. The second-order valence-corrected chi connectivity index (χ2v) is 7.44. The molecule has 0 bridgehead atoms. The zero-order valence-corrected chi connectivity index (χ0v) is 17.7. The van der Waals surface area contributed by atoms with Crippen molar-refractivity contribution in [3.05, 3.63) is 64.9 Å². The predicted octanol–water partition coefficient (Wildman–Crippen LogP) is 3.30. The number of amides is 1. The number of aliphatic carboxylic acids is 1. The summed E-state index contributed by atoms with van der Waals surface area (Å²) in [7, 11) is 1.30. The lowest BCUT2D eigenvalue weighted by Gasteiger charge is -2.09. The van der Waals surface area contributed by atoms with Crippen molar-refractivity contribution in [2.45, 2.75) is 20.3 Å².